The molecule has 1 unspecified atom stereocenters. The van der Waals surface area contributed by atoms with Crippen LogP contribution >= 0.6 is 0 Å². The molecule has 1 N–H and O–H groups in total. The van der Waals surface area contributed by atoms with Gasteiger partial charge in [-0.15, -0.1) is 0 Å². The fourth-order valence-corrected chi connectivity index (χ4v) is 3.02. The van der Waals surface area contributed by atoms with Crippen LogP contribution in [-0.2, 0) is 11.3 Å². The van der Waals surface area contributed by atoms with E-state index in [2.05, 4.69) is 29.2 Å². The summed E-state index contributed by atoms with van der Waals surface area (Å²) >= 11 is 0. The van der Waals surface area contributed by atoms with Crippen molar-refractivity contribution in [2.24, 2.45) is 5.92 Å². The van der Waals surface area contributed by atoms with E-state index in [0.717, 1.165) is 31.8 Å². The number of carbonyl (C=O) groups is 1. The number of likely N-dealkylation sites (tertiary alicyclic amines) is 1. The third-order valence-electron chi connectivity index (χ3n) is 4.26. The van der Waals surface area contributed by atoms with Crippen LogP contribution in [0.15, 0.2) is 24.3 Å². The summed E-state index contributed by atoms with van der Waals surface area (Å²) in [5.41, 5.74) is 2.79. The SMILES string of the molecule is O=C(O)C1CCCN(Cc2cccc(C3CC3)c2)C1. The molecule has 0 amide bonds. The molecule has 102 valence electrons. The fourth-order valence-electron chi connectivity index (χ4n) is 3.02. The largest absolute Gasteiger partial charge is 0.481 e. The molecule has 19 heavy (non-hydrogen) atoms. The van der Waals surface area contributed by atoms with Crippen LogP contribution in [0, 0.1) is 5.92 Å². The molecule has 1 aromatic rings. The zero-order valence-corrected chi connectivity index (χ0v) is 11.2. The lowest BCUT2D eigenvalue weighted by Crippen LogP contribution is -2.38. The molecule has 0 radical (unpaired) electrons. The van der Waals surface area contributed by atoms with E-state index in [1.165, 1.54) is 24.0 Å². The van der Waals surface area contributed by atoms with Gasteiger partial charge >= 0.3 is 5.97 Å². The van der Waals surface area contributed by atoms with E-state index in [9.17, 15) is 4.79 Å². The third-order valence-corrected chi connectivity index (χ3v) is 4.26. The maximum absolute atomic E-state index is 11.1. The monoisotopic (exact) mass is 259 g/mol. The molecule has 1 aromatic carbocycles. The maximum Gasteiger partial charge on any atom is 0.307 e. The summed E-state index contributed by atoms with van der Waals surface area (Å²) in [5, 5.41) is 9.12. The zero-order valence-electron chi connectivity index (χ0n) is 11.2. The van der Waals surface area contributed by atoms with Crippen LogP contribution in [0.4, 0.5) is 0 Å². The number of hydrogen-bond donors (Lipinski definition) is 1. The molecule has 1 atom stereocenters. The molecule has 1 aliphatic heterocycles. The molecule has 3 heteroatoms. The fraction of sp³-hybridized carbons (Fsp3) is 0.562. The number of carboxylic acids is 1. The Labute approximate surface area is 114 Å². The summed E-state index contributed by atoms with van der Waals surface area (Å²) < 4.78 is 0. The van der Waals surface area contributed by atoms with E-state index < -0.39 is 5.97 Å². The first kappa shape index (κ1) is 12.7. The van der Waals surface area contributed by atoms with Gasteiger partial charge in [0.05, 0.1) is 5.92 Å². The third kappa shape index (κ3) is 3.16. The normalized spacial score (nSPS) is 24.3. The Morgan fingerprint density at radius 1 is 1.32 bits per heavy atom. The molecule has 0 bridgehead atoms. The Bertz CT molecular complexity index is 468. The lowest BCUT2D eigenvalue weighted by molar-refractivity contribution is -0.143. The number of hydrogen-bond acceptors (Lipinski definition) is 2. The van der Waals surface area contributed by atoms with Crippen molar-refractivity contribution in [1.29, 1.82) is 0 Å². The van der Waals surface area contributed by atoms with Gasteiger partial charge in [-0.25, -0.2) is 0 Å². The van der Waals surface area contributed by atoms with Gasteiger partial charge < -0.3 is 5.11 Å². The predicted octanol–water partition coefficient (Wildman–Crippen LogP) is 2.86. The van der Waals surface area contributed by atoms with Gasteiger partial charge in [0.2, 0.25) is 0 Å². The summed E-state index contributed by atoms with van der Waals surface area (Å²) in [6, 6.07) is 8.83. The van der Waals surface area contributed by atoms with E-state index in [1.54, 1.807) is 0 Å². The van der Waals surface area contributed by atoms with Crippen LogP contribution < -0.4 is 0 Å². The molecule has 2 fully saturated rings. The van der Waals surface area contributed by atoms with Crippen LogP contribution in [0.3, 0.4) is 0 Å². The Kier molecular flexibility index (Phi) is 3.56. The van der Waals surface area contributed by atoms with E-state index in [0.29, 0.717) is 6.54 Å². The first-order valence-electron chi connectivity index (χ1n) is 7.26. The number of nitrogens with zero attached hydrogens (tertiary/aromatic N) is 1. The summed E-state index contributed by atoms with van der Waals surface area (Å²) in [4.78, 5) is 13.4. The average molecular weight is 259 g/mol. The summed E-state index contributed by atoms with van der Waals surface area (Å²) in [5.74, 6) is -0.0372. The topological polar surface area (TPSA) is 40.5 Å². The van der Waals surface area contributed by atoms with Crippen molar-refractivity contribution >= 4 is 5.97 Å². The van der Waals surface area contributed by atoms with Gasteiger partial charge in [-0.05, 0) is 49.3 Å². The molecule has 0 spiro atoms. The highest BCUT2D eigenvalue weighted by atomic mass is 16.4. The van der Waals surface area contributed by atoms with Crippen molar-refractivity contribution in [2.75, 3.05) is 13.1 Å². The Morgan fingerprint density at radius 3 is 2.89 bits per heavy atom. The van der Waals surface area contributed by atoms with Crippen LogP contribution in [-0.4, -0.2) is 29.1 Å². The molecule has 1 saturated carbocycles. The summed E-state index contributed by atoms with van der Waals surface area (Å²) in [6.07, 6.45) is 4.48. The molecule has 1 aliphatic carbocycles. The molecular formula is C16H21NO2. The van der Waals surface area contributed by atoms with E-state index in [-0.39, 0.29) is 5.92 Å². The molecular weight excluding hydrogens is 238 g/mol. The molecule has 1 heterocycles. The minimum absolute atomic E-state index is 0.180. The number of benzene rings is 1. The number of piperidine rings is 1. The minimum Gasteiger partial charge on any atom is -0.481 e. The van der Waals surface area contributed by atoms with Crippen molar-refractivity contribution in [3.05, 3.63) is 35.4 Å². The van der Waals surface area contributed by atoms with Crippen molar-refractivity contribution in [1.82, 2.24) is 4.90 Å². The Morgan fingerprint density at radius 2 is 2.16 bits per heavy atom. The van der Waals surface area contributed by atoms with Crippen LogP contribution in [0.5, 0.6) is 0 Å². The second-order valence-corrected chi connectivity index (χ2v) is 5.93. The van der Waals surface area contributed by atoms with Gasteiger partial charge in [-0.1, -0.05) is 24.3 Å². The van der Waals surface area contributed by atoms with Gasteiger partial charge in [0.1, 0.15) is 0 Å². The summed E-state index contributed by atoms with van der Waals surface area (Å²) in [6.45, 7) is 2.62. The maximum atomic E-state index is 11.1. The Balaban J connectivity index is 1.63. The van der Waals surface area contributed by atoms with E-state index >= 15 is 0 Å². The zero-order chi connectivity index (χ0) is 13.2. The van der Waals surface area contributed by atoms with Crippen molar-refractivity contribution in [3.8, 4) is 0 Å². The molecule has 2 aliphatic rings. The van der Waals surface area contributed by atoms with Crippen molar-refractivity contribution in [2.45, 2.75) is 38.1 Å². The van der Waals surface area contributed by atoms with Gasteiger partial charge in [0.25, 0.3) is 0 Å². The summed E-state index contributed by atoms with van der Waals surface area (Å²) in [7, 11) is 0. The average Bonchev–Trinajstić information content (AvgIpc) is 3.23. The standard InChI is InChI=1S/C16H21NO2/c18-16(19)15-5-2-8-17(11-15)10-12-3-1-4-14(9-12)13-6-7-13/h1,3-4,9,13,15H,2,5-8,10-11H2,(H,18,19). The molecule has 1 saturated heterocycles. The van der Waals surface area contributed by atoms with Crippen LogP contribution in [0.1, 0.15) is 42.7 Å². The van der Waals surface area contributed by atoms with E-state index in [1.807, 2.05) is 0 Å². The van der Waals surface area contributed by atoms with Crippen molar-refractivity contribution in [3.63, 3.8) is 0 Å². The number of rotatable bonds is 4. The first-order chi connectivity index (χ1) is 9.22. The highest BCUT2D eigenvalue weighted by molar-refractivity contribution is 5.70. The van der Waals surface area contributed by atoms with Gasteiger partial charge in [0.15, 0.2) is 0 Å². The van der Waals surface area contributed by atoms with Crippen molar-refractivity contribution < 1.29 is 9.90 Å². The van der Waals surface area contributed by atoms with Gasteiger partial charge in [-0.3, -0.25) is 9.69 Å². The highest BCUT2D eigenvalue weighted by Gasteiger charge is 2.26. The first-order valence-corrected chi connectivity index (χ1v) is 7.26. The molecule has 3 nitrogen and oxygen atoms in total. The second kappa shape index (κ2) is 5.33. The minimum atomic E-state index is -0.642. The lowest BCUT2D eigenvalue weighted by atomic mass is 9.97. The predicted molar refractivity (Wildman–Crippen MR) is 74.1 cm³/mol. The van der Waals surface area contributed by atoms with Crippen LogP contribution in [0.2, 0.25) is 0 Å². The highest BCUT2D eigenvalue weighted by Crippen LogP contribution is 2.40. The number of carboxylic acid groups (broad SMARTS) is 1. The lowest BCUT2D eigenvalue weighted by Gasteiger charge is -2.30. The molecule has 0 aromatic heterocycles. The second-order valence-electron chi connectivity index (χ2n) is 5.93. The van der Waals surface area contributed by atoms with Gasteiger partial charge in [-0.2, -0.15) is 0 Å². The Hall–Kier alpha value is -1.35. The smallest absolute Gasteiger partial charge is 0.307 e. The quantitative estimate of drug-likeness (QED) is 0.904. The number of aliphatic carboxylic acids is 1. The van der Waals surface area contributed by atoms with E-state index in [4.69, 9.17) is 5.11 Å². The van der Waals surface area contributed by atoms with Gasteiger partial charge in [0, 0.05) is 13.1 Å². The molecule has 3 rings (SSSR count). The van der Waals surface area contributed by atoms with Crippen LogP contribution in [0.25, 0.3) is 0 Å².